The van der Waals surface area contributed by atoms with E-state index in [2.05, 4.69) is 31.4 Å². The minimum absolute atomic E-state index is 0. The highest BCUT2D eigenvalue weighted by atomic mass is 35.5. The summed E-state index contributed by atoms with van der Waals surface area (Å²) in [4.78, 5) is 11.9. The van der Waals surface area contributed by atoms with Gasteiger partial charge < -0.3 is 10.6 Å². The monoisotopic (exact) mass is 262 g/mol. The molecule has 1 rings (SSSR count). The van der Waals surface area contributed by atoms with Crippen LogP contribution in [0.3, 0.4) is 0 Å². The minimum atomic E-state index is 0. The molecule has 1 fully saturated rings. The molecule has 0 aromatic rings. The summed E-state index contributed by atoms with van der Waals surface area (Å²) < 4.78 is 0. The maximum absolute atomic E-state index is 11.9. The number of hydrogen-bond acceptors (Lipinski definition) is 2. The quantitative estimate of drug-likeness (QED) is 0.799. The van der Waals surface area contributed by atoms with E-state index in [1.165, 1.54) is 6.42 Å². The molecule has 4 heteroatoms. The van der Waals surface area contributed by atoms with Gasteiger partial charge in [-0.15, -0.1) is 12.4 Å². The van der Waals surface area contributed by atoms with Crippen LogP contribution in [0.25, 0.3) is 0 Å². The molecular weight excluding hydrogens is 236 g/mol. The van der Waals surface area contributed by atoms with Crippen molar-refractivity contribution in [2.45, 2.75) is 52.5 Å². The highest BCUT2D eigenvalue weighted by molar-refractivity contribution is 5.85. The first-order valence-electron chi connectivity index (χ1n) is 6.64. The molecule has 2 N–H and O–H groups in total. The molecule has 0 saturated carbocycles. The Labute approximate surface area is 112 Å². The molecule has 102 valence electrons. The van der Waals surface area contributed by atoms with Crippen molar-refractivity contribution >= 4 is 18.3 Å². The van der Waals surface area contributed by atoms with Crippen LogP contribution in [0.15, 0.2) is 0 Å². The summed E-state index contributed by atoms with van der Waals surface area (Å²) in [5, 5.41) is 6.43. The molecule has 1 saturated heterocycles. The summed E-state index contributed by atoms with van der Waals surface area (Å²) in [6, 6.07) is 0.317. The summed E-state index contributed by atoms with van der Waals surface area (Å²) >= 11 is 0. The third kappa shape index (κ3) is 6.27. The van der Waals surface area contributed by atoms with Gasteiger partial charge in [-0.05, 0) is 45.2 Å². The number of carbonyl (C=O) groups is 1. The molecule has 1 aliphatic heterocycles. The molecule has 1 amide bonds. The third-order valence-electron chi connectivity index (χ3n) is 3.55. The average molecular weight is 263 g/mol. The molecule has 0 spiro atoms. The van der Waals surface area contributed by atoms with Crippen LogP contribution in [0, 0.1) is 11.8 Å². The highest BCUT2D eigenvalue weighted by Gasteiger charge is 2.22. The van der Waals surface area contributed by atoms with E-state index in [1.54, 1.807) is 0 Å². The topological polar surface area (TPSA) is 41.1 Å². The van der Waals surface area contributed by atoms with Crippen molar-refractivity contribution in [3.63, 3.8) is 0 Å². The summed E-state index contributed by atoms with van der Waals surface area (Å²) in [6.45, 7) is 8.53. The van der Waals surface area contributed by atoms with Gasteiger partial charge in [0.05, 0.1) is 0 Å². The zero-order valence-electron chi connectivity index (χ0n) is 11.3. The second-order valence-electron chi connectivity index (χ2n) is 5.18. The Hall–Kier alpha value is -0.280. The fourth-order valence-corrected chi connectivity index (χ4v) is 2.27. The Morgan fingerprint density at radius 2 is 1.94 bits per heavy atom. The van der Waals surface area contributed by atoms with E-state index in [0.29, 0.717) is 12.0 Å². The zero-order valence-corrected chi connectivity index (χ0v) is 12.1. The van der Waals surface area contributed by atoms with Gasteiger partial charge in [0.15, 0.2) is 0 Å². The number of halogens is 1. The number of carbonyl (C=O) groups excluding carboxylic acids is 1. The highest BCUT2D eigenvalue weighted by Crippen LogP contribution is 2.14. The second-order valence-corrected chi connectivity index (χ2v) is 5.18. The van der Waals surface area contributed by atoms with Gasteiger partial charge in [0, 0.05) is 12.0 Å². The van der Waals surface area contributed by atoms with Crippen molar-refractivity contribution in [2.24, 2.45) is 11.8 Å². The molecule has 3 nitrogen and oxygen atoms in total. The Kier molecular flexibility index (Phi) is 8.61. The standard InChI is InChI=1S/C13H26N2O.ClH/c1-4-10(2)9-11(3)15-13(16)12-5-7-14-8-6-12;/h10-12,14H,4-9H2,1-3H3,(H,15,16);1H. The van der Waals surface area contributed by atoms with E-state index in [9.17, 15) is 4.79 Å². The molecule has 1 aliphatic rings. The maximum atomic E-state index is 11.9. The van der Waals surface area contributed by atoms with Crippen molar-refractivity contribution in [1.82, 2.24) is 10.6 Å². The van der Waals surface area contributed by atoms with Crippen LogP contribution in [-0.4, -0.2) is 25.0 Å². The SMILES string of the molecule is CCC(C)CC(C)NC(=O)C1CCNCC1.Cl. The smallest absolute Gasteiger partial charge is 0.223 e. The molecule has 0 bridgehead atoms. The summed E-state index contributed by atoms with van der Waals surface area (Å²) in [5.41, 5.74) is 0. The van der Waals surface area contributed by atoms with Gasteiger partial charge >= 0.3 is 0 Å². The van der Waals surface area contributed by atoms with E-state index in [4.69, 9.17) is 0 Å². The fraction of sp³-hybridized carbons (Fsp3) is 0.923. The first kappa shape index (κ1) is 16.7. The number of amides is 1. The fourth-order valence-electron chi connectivity index (χ4n) is 2.27. The van der Waals surface area contributed by atoms with Crippen molar-refractivity contribution in [3.05, 3.63) is 0 Å². The molecule has 1 heterocycles. The predicted octanol–water partition coefficient (Wildman–Crippen LogP) is 2.35. The first-order chi connectivity index (χ1) is 7.63. The number of hydrogen-bond donors (Lipinski definition) is 2. The largest absolute Gasteiger partial charge is 0.353 e. The molecule has 17 heavy (non-hydrogen) atoms. The van der Waals surface area contributed by atoms with Crippen LogP contribution in [0.5, 0.6) is 0 Å². The third-order valence-corrected chi connectivity index (χ3v) is 3.55. The molecule has 2 unspecified atom stereocenters. The van der Waals surface area contributed by atoms with Gasteiger partial charge in [-0.3, -0.25) is 4.79 Å². The lowest BCUT2D eigenvalue weighted by Crippen LogP contribution is -2.42. The van der Waals surface area contributed by atoms with E-state index < -0.39 is 0 Å². The van der Waals surface area contributed by atoms with Crippen molar-refractivity contribution in [1.29, 1.82) is 0 Å². The Morgan fingerprint density at radius 1 is 1.35 bits per heavy atom. The van der Waals surface area contributed by atoms with Crippen molar-refractivity contribution < 1.29 is 4.79 Å². The van der Waals surface area contributed by atoms with Gasteiger partial charge in [-0.2, -0.15) is 0 Å². The van der Waals surface area contributed by atoms with Crippen LogP contribution in [0.4, 0.5) is 0 Å². The summed E-state index contributed by atoms with van der Waals surface area (Å²) in [7, 11) is 0. The molecule has 0 aromatic heterocycles. The van der Waals surface area contributed by atoms with Gasteiger partial charge in [-0.25, -0.2) is 0 Å². The molecule has 0 aromatic carbocycles. The van der Waals surface area contributed by atoms with Crippen LogP contribution in [-0.2, 0) is 4.79 Å². The van der Waals surface area contributed by atoms with Gasteiger partial charge in [-0.1, -0.05) is 20.3 Å². The Balaban J connectivity index is 0.00000256. The average Bonchev–Trinajstić information content (AvgIpc) is 2.29. The Bertz CT molecular complexity index is 217. The summed E-state index contributed by atoms with van der Waals surface area (Å²) in [6.07, 6.45) is 4.25. The molecule has 0 radical (unpaired) electrons. The lowest BCUT2D eigenvalue weighted by atomic mass is 9.95. The lowest BCUT2D eigenvalue weighted by Gasteiger charge is -2.24. The van der Waals surface area contributed by atoms with E-state index in [0.717, 1.165) is 32.4 Å². The molecule has 2 atom stereocenters. The maximum Gasteiger partial charge on any atom is 0.223 e. The normalized spacial score (nSPS) is 20.2. The van der Waals surface area contributed by atoms with Crippen LogP contribution >= 0.6 is 12.4 Å². The Morgan fingerprint density at radius 3 is 2.47 bits per heavy atom. The van der Waals surface area contributed by atoms with Gasteiger partial charge in [0.25, 0.3) is 0 Å². The van der Waals surface area contributed by atoms with E-state index >= 15 is 0 Å². The number of piperidine rings is 1. The predicted molar refractivity (Wildman–Crippen MR) is 74.5 cm³/mol. The molecule has 0 aliphatic carbocycles. The minimum Gasteiger partial charge on any atom is -0.353 e. The molecular formula is C13H27ClN2O. The van der Waals surface area contributed by atoms with Crippen LogP contribution < -0.4 is 10.6 Å². The van der Waals surface area contributed by atoms with Crippen molar-refractivity contribution in [2.75, 3.05) is 13.1 Å². The number of rotatable bonds is 5. The van der Waals surface area contributed by atoms with Crippen LogP contribution in [0.1, 0.15) is 46.5 Å². The second kappa shape index (κ2) is 8.76. The van der Waals surface area contributed by atoms with E-state index in [1.807, 2.05) is 0 Å². The van der Waals surface area contributed by atoms with Crippen molar-refractivity contribution in [3.8, 4) is 0 Å². The lowest BCUT2D eigenvalue weighted by molar-refractivity contribution is -0.126. The zero-order chi connectivity index (χ0) is 12.0. The summed E-state index contributed by atoms with van der Waals surface area (Å²) in [5.74, 6) is 1.20. The first-order valence-corrected chi connectivity index (χ1v) is 6.64. The van der Waals surface area contributed by atoms with Crippen LogP contribution in [0.2, 0.25) is 0 Å². The van der Waals surface area contributed by atoms with Gasteiger partial charge in [0.2, 0.25) is 5.91 Å². The van der Waals surface area contributed by atoms with Gasteiger partial charge in [0.1, 0.15) is 0 Å². The number of nitrogens with one attached hydrogen (secondary N) is 2. The van der Waals surface area contributed by atoms with E-state index in [-0.39, 0.29) is 24.2 Å².